The second-order valence-corrected chi connectivity index (χ2v) is 6.95. The Morgan fingerprint density at radius 3 is 2.79 bits per heavy atom. The highest BCUT2D eigenvalue weighted by molar-refractivity contribution is 6.05. The maximum Gasteiger partial charge on any atom is 0.338 e. The van der Waals surface area contributed by atoms with E-state index in [1.54, 1.807) is 37.3 Å². The fraction of sp³-hybridized carbons (Fsp3) is 0.227. The van der Waals surface area contributed by atoms with E-state index < -0.39 is 18.5 Å². The second-order valence-electron chi connectivity index (χ2n) is 6.95. The van der Waals surface area contributed by atoms with Crippen LogP contribution in [0, 0.1) is 0 Å². The van der Waals surface area contributed by atoms with Gasteiger partial charge >= 0.3 is 5.97 Å². The molecule has 1 atom stereocenters. The van der Waals surface area contributed by atoms with Gasteiger partial charge in [0.2, 0.25) is 5.91 Å². The number of fused-ring (bicyclic) bond motifs is 2. The zero-order valence-electron chi connectivity index (χ0n) is 15.9. The van der Waals surface area contributed by atoms with Crippen molar-refractivity contribution in [1.82, 2.24) is 0 Å². The summed E-state index contributed by atoms with van der Waals surface area (Å²) in [7, 11) is 0. The molecule has 0 saturated heterocycles. The van der Waals surface area contributed by atoms with E-state index in [0.717, 1.165) is 5.56 Å². The number of anilines is 2. The van der Waals surface area contributed by atoms with Crippen LogP contribution >= 0.6 is 0 Å². The van der Waals surface area contributed by atoms with Crippen molar-refractivity contribution in [3.63, 3.8) is 0 Å². The Morgan fingerprint density at radius 1 is 1.17 bits per heavy atom. The molecule has 0 radical (unpaired) electrons. The van der Waals surface area contributed by atoms with E-state index in [-0.39, 0.29) is 25.0 Å². The standard InChI is InChI=1S/C22H20N2O5/c1-14-10-20(25)23-17-7-3-4-8-18(17)24(14)21(26)13-29-22(27)16-11-15-6-2-5-9-19(15)28-12-16/h2-9,11,14H,10,12-13H2,1H3,(H,23,25)/t14-/m1/s1. The van der Waals surface area contributed by atoms with E-state index in [1.165, 1.54) is 4.90 Å². The van der Waals surface area contributed by atoms with E-state index in [0.29, 0.717) is 22.7 Å². The van der Waals surface area contributed by atoms with Crippen LogP contribution in [0.4, 0.5) is 11.4 Å². The number of nitrogens with zero attached hydrogens (tertiary/aromatic N) is 1. The molecule has 0 unspecified atom stereocenters. The van der Waals surface area contributed by atoms with Crippen LogP contribution in [-0.2, 0) is 19.1 Å². The van der Waals surface area contributed by atoms with Gasteiger partial charge in [-0.3, -0.25) is 9.59 Å². The van der Waals surface area contributed by atoms with Crippen LogP contribution in [0.25, 0.3) is 6.08 Å². The molecule has 0 bridgehead atoms. The summed E-state index contributed by atoms with van der Waals surface area (Å²) in [5.74, 6) is -0.460. The monoisotopic (exact) mass is 392 g/mol. The minimum atomic E-state index is -0.599. The van der Waals surface area contributed by atoms with Gasteiger partial charge in [0.05, 0.1) is 16.9 Å². The normalized spacial score (nSPS) is 17.7. The summed E-state index contributed by atoms with van der Waals surface area (Å²) >= 11 is 0. The van der Waals surface area contributed by atoms with Crippen molar-refractivity contribution < 1.29 is 23.9 Å². The third-order valence-electron chi connectivity index (χ3n) is 4.85. The molecule has 4 rings (SSSR count). The number of carbonyl (C=O) groups excluding carboxylic acids is 3. The molecule has 29 heavy (non-hydrogen) atoms. The third-order valence-corrected chi connectivity index (χ3v) is 4.85. The van der Waals surface area contributed by atoms with Gasteiger partial charge in [-0.25, -0.2) is 4.79 Å². The zero-order valence-corrected chi connectivity index (χ0v) is 15.9. The van der Waals surface area contributed by atoms with Crippen molar-refractivity contribution in [2.75, 3.05) is 23.4 Å². The van der Waals surface area contributed by atoms with Crippen molar-refractivity contribution in [2.45, 2.75) is 19.4 Å². The fourth-order valence-corrected chi connectivity index (χ4v) is 3.49. The van der Waals surface area contributed by atoms with Gasteiger partial charge in [0.1, 0.15) is 12.4 Å². The number of benzene rings is 2. The summed E-state index contributed by atoms with van der Waals surface area (Å²) in [4.78, 5) is 38.9. The Morgan fingerprint density at radius 2 is 1.93 bits per heavy atom. The smallest absolute Gasteiger partial charge is 0.338 e. The Bertz CT molecular complexity index is 1010. The lowest BCUT2D eigenvalue weighted by atomic mass is 10.1. The van der Waals surface area contributed by atoms with Gasteiger partial charge in [0.15, 0.2) is 6.61 Å². The van der Waals surface area contributed by atoms with Crippen LogP contribution in [0.5, 0.6) is 5.75 Å². The maximum absolute atomic E-state index is 12.9. The van der Waals surface area contributed by atoms with E-state index in [2.05, 4.69) is 5.32 Å². The minimum absolute atomic E-state index is 0.0887. The molecule has 2 amide bonds. The quantitative estimate of drug-likeness (QED) is 0.812. The minimum Gasteiger partial charge on any atom is -0.488 e. The van der Waals surface area contributed by atoms with Crippen molar-refractivity contribution in [2.24, 2.45) is 0 Å². The Balaban J connectivity index is 1.48. The summed E-state index contributed by atoms with van der Waals surface area (Å²) < 4.78 is 10.8. The van der Waals surface area contributed by atoms with Gasteiger partial charge in [0, 0.05) is 18.0 Å². The first-order chi connectivity index (χ1) is 14.0. The molecule has 0 spiro atoms. The van der Waals surface area contributed by atoms with Gasteiger partial charge in [0.25, 0.3) is 5.91 Å². The highest BCUT2D eigenvalue weighted by atomic mass is 16.5. The molecule has 2 aromatic carbocycles. The first-order valence-corrected chi connectivity index (χ1v) is 9.33. The topological polar surface area (TPSA) is 84.9 Å². The van der Waals surface area contributed by atoms with Gasteiger partial charge in [-0.1, -0.05) is 30.3 Å². The molecule has 7 heteroatoms. The van der Waals surface area contributed by atoms with Crippen LogP contribution in [0.2, 0.25) is 0 Å². The Labute approximate surface area is 167 Å². The number of para-hydroxylation sites is 3. The zero-order chi connectivity index (χ0) is 20.4. The summed E-state index contributed by atoms with van der Waals surface area (Å²) in [6, 6.07) is 14.1. The first kappa shape index (κ1) is 18.7. The average molecular weight is 392 g/mol. The molecular formula is C22H20N2O5. The largest absolute Gasteiger partial charge is 0.488 e. The van der Waals surface area contributed by atoms with Crippen molar-refractivity contribution >= 4 is 35.2 Å². The molecule has 0 aromatic heterocycles. The molecule has 2 heterocycles. The summed E-state index contributed by atoms with van der Waals surface area (Å²) in [5.41, 5.74) is 2.27. The van der Waals surface area contributed by atoms with Gasteiger partial charge in [-0.05, 0) is 31.2 Å². The molecule has 7 nitrogen and oxygen atoms in total. The summed E-state index contributed by atoms with van der Waals surface area (Å²) in [6.45, 7) is 1.45. The predicted molar refractivity (Wildman–Crippen MR) is 108 cm³/mol. The van der Waals surface area contributed by atoms with E-state index in [4.69, 9.17) is 9.47 Å². The first-order valence-electron chi connectivity index (χ1n) is 9.33. The summed E-state index contributed by atoms with van der Waals surface area (Å²) in [6.07, 6.45) is 1.86. The predicted octanol–water partition coefficient (Wildman–Crippen LogP) is 2.77. The van der Waals surface area contributed by atoms with Crippen LogP contribution in [0.15, 0.2) is 54.1 Å². The summed E-state index contributed by atoms with van der Waals surface area (Å²) in [5, 5.41) is 2.80. The fourth-order valence-electron chi connectivity index (χ4n) is 3.49. The lowest BCUT2D eigenvalue weighted by molar-refractivity contribution is -0.144. The SMILES string of the molecule is C[C@@H]1CC(=O)Nc2ccccc2N1C(=O)COC(=O)C1=Cc2ccccc2OC1. The molecule has 0 saturated carbocycles. The number of carbonyl (C=O) groups is 3. The average Bonchev–Trinajstić information content (AvgIpc) is 2.85. The molecule has 0 fully saturated rings. The molecule has 148 valence electrons. The highest BCUT2D eigenvalue weighted by Crippen LogP contribution is 2.31. The lowest BCUT2D eigenvalue weighted by Gasteiger charge is -2.27. The van der Waals surface area contributed by atoms with Gasteiger partial charge in [-0.15, -0.1) is 0 Å². The Hall–Kier alpha value is -3.61. The Kier molecular flexibility index (Phi) is 5.03. The van der Waals surface area contributed by atoms with Gasteiger partial charge in [-0.2, -0.15) is 0 Å². The van der Waals surface area contributed by atoms with Gasteiger partial charge < -0.3 is 19.7 Å². The second kappa shape index (κ2) is 7.79. The third kappa shape index (κ3) is 3.85. The number of esters is 1. The number of rotatable bonds is 3. The molecular weight excluding hydrogens is 372 g/mol. The number of nitrogens with one attached hydrogen (secondary N) is 1. The van der Waals surface area contributed by atoms with Crippen LogP contribution < -0.4 is 15.0 Å². The van der Waals surface area contributed by atoms with E-state index >= 15 is 0 Å². The van der Waals surface area contributed by atoms with Crippen molar-refractivity contribution in [3.8, 4) is 5.75 Å². The molecule has 2 aliphatic heterocycles. The van der Waals surface area contributed by atoms with Crippen LogP contribution in [0.1, 0.15) is 18.9 Å². The molecule has 2 aliphatic rings. The van der Waals surface area contributed by atoms with Crippen LogP contribution in [-0.4, -0.2) is 37.0 Å². The van der Waals surface area contributed by atoms with E-state index in [9.17, 15) is 14.4 Å². The highest BCUT2D eigenvalue weighted by Gasteiger charge is 2.30. The molecule has 2 aromatic rings. The van der Waals surface area contributed by atoms with Crippen molar-refractivity contribution in [1.29, 1.82) is 0 Å². The number of amides is 2. The molecule has 1 N–H and O–H groups in total. The number of ether oxygens (including phenoxy) is 2. The lowest BCUT2D eigenvalue weighted by Crippen LogP contribution is -2.41. The van der Waals surface area contributed by atoms with Crippen molar-refractivity contribution in [3.05, 3.63) is 59.7 Å². The van der Waals surface area contributed by atoms with Crippen LogP contribution in [0.3, 0.4) is 0 Å². The number of hydrogen-bond donors (Lipinski definition) is 1. The van der Waals surface area contributed by atoms with E-state index in [1.807, 2.05) is 24.3 Å². The number of hydrogen-bond acceptors (Lipinski definition) is 5. The maximum atomic E-state index is 12.9. The molecule has 0 aliphatic carbocycles.